The minimum absolute atomic E-state index is 0.293. The summed E-state index contributed by atoms with van der Waals surface area (Å²) in [6.45, 7) is 0. The molecule has 0 fully saturated rings. The fraction of sp³-hybridized carbons (Fsp3) is 0.100. The molecular weight excluding hydrogens is 300 g/mol. The minimum Gasteiger partial charge on any atom is -0.854 e. The van der Waals surface area contributed by atoms with Gasteiger partial charge in [0, 0.05) is 12.1 Å². The van der Waals surface area contributed by atoms with Gasteiger partial charge in [0.05, 0.1) is 13.0 Å². The van der Waals surface area contributed by atoms with Gasteiger partial charge in [-0.1, -0.05) is 47.1 Å². The Morgan fingerprint density at radius 2 is 1.54 bits per heavy atom. The molecule has 0 saturated heterocycles. The van der Waals surface area contributed by atoms with Crippen LogP contribution in [-0.2, 0) is 6.42 Å². The number of hydrogen-bond donors (Lipinski definition) is 0. The summed E-state index contributed by atoms with van der Waals surface area (Å²) in [6, 6.07) is 21.1. The lowest BCUT2D eigenvalue weighted by Crippen LogP contribution is -2.33. The Labute approximate surface area is 141 Å². The first-order valence-electron chi connectivity index (χ1n) is 7.69. The number of ether oxygens (including phenoxy) is 1. The van der Waals surface area contributed by atoms with Crippen LogP contribution in [0.1, 0.15) is 16.7 Å². The summed E-state index contributed by atoms with van der Waals surface area (Å²) in [7, 11) is 1.59. The van der Waals surface area contributed by atoms with E-state index >= 15 is 0 Å². The third-order valence-electron chi connectivity index (χ3n) is 3.68. The van der Waals surface area contributed by atoms with E-state index in [4.69, 9.17) is 4.74 Å². The first kappa shape index (κ1) is 15.7. The van der Waals surface area contributed by atoms with Crippen molar-refractivity contribution in [2.45, 2.75) is 6.42 Å². The number of nitrogens with zero attached hydrogens (tertiary/aromatic N) is 2. The van der Waals surface area contributed by atoms with Crippen molar-refractivity contribution in [3.05, 3.63) is 95.8 Å². The lowest BCUT2D eigenvalue weighted by Gasteiger charge is -2.07. The van der Waals surface area contributed by atoms with E-state index in [0.29, 0.717) is 11.3 Å². The molecule has 0 amide bonds. The molecule has 3 aromatic rings. The van der Waals surface area contributed by atoms with Crippen LogP contribution in [0.2, 0.25) is 0 Å². The summed E-state index contributed by atoms with van der Waals surface area (Å²) in [4.78, 5) is 0. The normalized spacial score (nSPS) is 11.3. The van der Waals surface area contributed by atoms with Gasteiger partial charge in [0.1, 0.15) is 5.75 Å². The number of benzene rings is 2. The molecule has 4 heteroatoms. The van der Waals surface area contributed by atoms with Gasteiger partial charge in [-0.05, 0) is 40.3 Å². The van der Waals surface area contributed by atoms with Gasteiger partial charge < -0.3 is 9.84 Å². The van der Waals surface area contributed by atoms with E-state index in [-0.39, 0.29) is 5.90 Å². The van der Waals surface area contributed by atoms with Crippen LogP contribution in [0.25, 0.3) is 0 Å². The topological polar surface area (TPSA) is 48.5 Å². The van der Waals surface area contributed by atoms with Crippen molar-refractivity contribution >= 4 is 5.90 Å². The average molecular weight is 318 g/mol. The summed E-state index contributed by atoms with van der Waals surface area (Å²) >= 11 is 0. The average Bonchev–Trinajstić information content (AvgIpc) is 2.64. The van der Waals surface area contributed by atoms with Crippen molar-refractivity contribution in [2.24, 2.45) is 5.10 Å². The molecule has 0 N–H and O–H groups in total. The molecule has 0 unspecified atom stereocenters. The van der Waals surface area contributed by atoms with Crippen LogP contribution in [0, 0.1) is 0 Å². The van der Waals surface area contributed by atoms with Crippen LogP contribution in [0.15, 0.2) is 84.2 Å². The molecule has 0 radical (unpaired) electrons. The van der Waals surface area contributed by atoms with E-state index in [0.717, 1.165) is 6.42 Å². The molecule has 1 aromatic heterocycles. The van der Waals surface area contributed by atoms with Gasteiger partial charge in [-0.15, -0.1) is 0 Å². The van der Waals surface area contributed by atoms with Crippen LogP contribution in [0.3, 0.4) is 0 Å². The van der Waals surface area contributed by atoms with Gasteiger partial charge in [-0.25, -0.2) is 0 Å². The van der Waals surface area contributed by atoms with E-state index in [1.54, 1.807) is 43.8 Å². The number of aromatic nitrogens is 1. The highest BCUT2D eigenvalue weighted by molar-refractivity contribution is 5.90. The maximum absolute atomic E-state index is 12.2. The second-order valence-electron chi connectivity index (χ2n) is 5.38. The van der Waals surface area contributed by atoms with Gasteiger partial charge in [0.2, 0.25) is 12.4 Å². The first-order valence-corrected chi connectivity index (χ1v) is 7.69. The minimum atomic E-state index is -0.293. The molecule has 0 atom stereocenters. The monoisotopic (exact) mass is 318 g/mol. The second-order valence-corrected chi connectivity index (χ2v) is 5.38. The molecule has 4 nitrogen and oxygen atoms in total. The Hall–Kier alpha value is -3.14. The molecule has 0 spiro atoms. The Kier molecular flexibility index (Phi) is 4.87. The van der Waals surface area contributed by atoms with Crippen LogP contribution in [0.5, 0.6) is 5.75 Å². The Balaban J connectivity index is 1.72. The zero-order valence-corrected chi connectivity index (χ0v) is 13.4. The lowest BCUT2D eigenvalue weighted by molar-refractivity contribution is -0.681. The van der Waals surface area contributed by atoms with Crippen LogP contribution in [-0.4, -0.2) is 13.0 Å². The number of hydrogen-bond acceptors (Lipinski definition) is 3. The highest BCUT2D eigenvalue weighted by Gasteiger charge is 2.02. The molecule has 24 heavy (non-hydrogen) atoms. The fourth-order valence-electron chi connectivity index (χ4n) is 2.36. The number of rotatable bonds is 5. The zero-order chi connectivity index (χ0) is 16.8. The summed E-state index contributed by atoms with van der Waals surface area (Å²) < 4.78 is 6.61. The van der Waals surface area contributed by atoms with E-state index < -0.39 is 0 Å². The summed E-state index contributed by atoms with van der Waals surface area (Å²) in [5, 5.41) is 16.2. The second kappa shape index (κ2) is 7.42. The predicted octanol–water partition coefficient (Wildman–Crippen LogP) is 2.14. The number of methoxy groups -OCH3 is 1. The molecule has 0 aliphatic carbocycles. The summed E-state index contributed by atoms with van der Waals surface area (Å²) in [6.07, 6.45) is 4.44. The Bertz CT molecular complexity index is 811. The summed E-state index contributed by atoms with van der Waals surface area (Å²) in [5.41, 5.74) is 2.95. The number of pyridine rings is 1. The highest BCUT2D eigenvalue weighted by atomic mass is 16.5. The van der Waals surface area contributed by atoms with Crippen molar-refractivity contribution < 1.29 is 14.5 Å². The lowest BCUT2D eigenvalue weighted by atomic mass is 10.1. The molecular formula is C20H18N2O2. The highest BCUT2D eigenvalue weighted by Crippen LogP contribution is 2.11. The van der Waals surface area contributed by atoms with E-state index in [9.17, 15) is 5.11 Å². The van der Waals surface area contributed by atoms with Gasteiger partial charge in [0.25, 0.3) is 0 Å². The maximum Gasteiger partial charge on any atom is 0.202 e. The van der Waals surface area contributed by atoms with Crippen molar-refractivity contribution in [2.75, 3.05) is 7.11 Å². The fourth-order valence-corrected chi connectivity index (χ4v) is 2.36. The smallest absolute Gasteiger partial charge is 0.202 e. The van der Waals surface area contributed by atoms with Crippen molar-refractivity contribution in [1.29, 1.82) is 0 Å². The van der Waals surface area contributed by atoms with E-state index in [2.05, 4.69) is 17.2 Å². The van der Waals surface area contributed by atoms with Gasteiger partial charge >= 0.3 is 0 Å². The predicted molar refractivity (Wildman–Crippen MR) is 90.8 cm³/mol. The standard InChI is InChI=1S/C20H18N2O2/c1-24-19-9-7-18(8-10-19)20(23)21-22-13-11-17(12-14-22)15-16-5-3-2-4-6-16/h2-14H,15H2,1H3. The summed E-state index contributed by atoms with van der Waals surface area (Å²) in [5.74, 6) is 0.419. The quantitative estimate of drug-likeness (QED) is 0.411. The molecule has 0 bridgehead atoms. The van der Waals surface area contributed by atoms with Crippen molar-refractivity contribution in [3.63, 3.8) is 0 Å². The third kappa shape index (κ3) is 3.98. The molecule has 0 aliphatic heterocycles. The molecule has 3 rings (SSSR count). The third-order valence-corrected chi connectivity index (χ3v) is 3.68. The van der Waals surface area contributed by atoms with Crippen LogP contribution >= 0.6 is 0 Å². The van der Waals surface area contributed by atoms with Gasteiger partial charge in [-0.2, -0.15) is 0 Å². The first-order chi connectivity index (χ1) is 11.7. The molecule has 120 valence electrons. The maximum atomic E-state index is 12.2. The van der Waals surface area contributed by atoms with Crippen molar-refractivity contribution in [3.8, 4) is 5.75 Å². The molecule has 0 aliphatic rings. The molecule has 0 saturated carbocycles. The Morgan fingerprint density at radius 1 is 0.917 bits per heavy atom. The van der Waals surface area contributed by atoms with Crippen molar-refractivity contribution in [1.82, 2.24) is 0 Å². The van der Waals surface area contributed by atoms with E-state index in [1.165, 1.54) is 15.8 Å². The zero-order valence-electron chi connectivity index (χ0n) is 13.4. The Morgan fingerprint density at radius 3 is 2.17 bits per heavy atom. The van der Waals surface area contributed by atoms with E-state index in [1.807, 2.05) is 30.3 Å². The SMILES string of the molecule is COc1ccc(/C([O-])=N/[n+]2ccc(Cc3ccccc3)cc2)cc1. The molecule has 2 aromatic carbocycles. The van der Waals surface area contributed by atoms with Crippen LogP contribution in [0.4, 0.5) is 0 Å². The van der Waals surface area contributed by atoms with Gasteiger partial charge in [-0.3, -0.25) is 0 Å². The van der Waals surface area contributed by atoms with Gasteiger partial charge in [0.15, 0.2) is 0 Å². The largest absolute Gasteiger partial charge is 0.854 e. The van der Waals surface area contributed by atoms with Crippen LogP contribution < -0.4 is 14.5 Å². The molecule has 1 heterocycles.